The lowest BCUT2D eigenvalue weighted by atomic mass is 9.92. The van der Waals surface area contributed by atoms with Crippen molar-refractivity contribution in [3.05, 3.63) is 0 Å². The van der Waals surface area contributed by atoms with E-state index in [0.717, 1.165) is 19.0 Å². The predicted molar refractivity (Wildman–Crippen MR) is 74.9 cm³/mol. The van der Waals surface area contributed by atoms with Gasteiger partial charge >= 0.3 is 0 Å². The van der Waals surface area contributed by atoms with Gasteiger partial charge in [-0.25, -0.2) is 0 Å². The first-order valence-electron chi connectivity index (χ1n) is 6.96. The van der Waals surface area contributed by atoms with Gasteiger partial charge in [-0.15, -0.1) is 6.42 Å². The van der Waals surface area contributed by atoms with E-state index in [1.54, 1.807) is 0 Å². The van der Waals surface area contributed by atoms with E-state index in [1.165, 1.54) is 6.42 Å². The minimum absolute atomic E-state index is 0.277. The molecule has 1 heterocycles. The molecule has 0 aromatic heterocycles. The summed E-state index contributed by atoms with van der Waals surface area (Å²) in [5, 5.41) is 3.66. The van der Waals surface area contributed by atoms with Crippen LogP contribution in [0.3, 0.4) is 0 Å². The molecule has 1 saturated heterocycles. The van der Waals surface area contributed by atoms with E-state index >= 15 is 0 Å². The first-order valence-corrected chi connectivity index (χ1v) is 6.96. The van der Waals surface area contributed by atoms with E-state index in [9.17, 15) is 0 Å². The monoisotopic (exact) mass is 236 g/mol. The fourth-order valence-corrected chi connectivity index (χ4v) is 2.64. The first-order chi connectivity index (χ1) is 8.01. The maximum absolute atomic E-state index is 5.71. The molecule has 0 aromatic rings. The van der Waals surface area contributed by atoms with E-state index in [2.05, 4.69) is 50.8 Å². The topological polar surface area (TPSA) is 15.3 Å². The fraction of sp³-hybridized carbons (Fsp3) is 0.867. The first kappa shape index (κ1) is 14.5. The third-order valence-electron chi connectivity index (χ3n) is 4.14. The molecule has 0 aliphatic carbocycles. The minimum Gasteiger partial charge on any atom is -0.311 e. The minimum atomic E-state index is 0.277. The molecular weight excluding hydrogens is 208 g/mol. The summed E-state index contributed by atoms with van der Waals surface area (Å²) < 4.78 is 0. The van der Waals surface area contributed by atoms with Crippen LogP contribution in [0.5, 0.6) is 0 Å². The number of hydrogen-bond donors (Lipinski definition) is 1. The smallest absolute Gasteiger partial charge is 0.0738 e. The number of terminal acetylenes is 1. The Bertz CT molecular complexity index is 267. The number of nitrogens with zero attached hydrogens (tertiary/aromatic N) is 1. The molecule has 17 heavy (non-hydrogen) atoms. The highest BCUT2D eigenvalue weighted by Gasteiger charge is 2.32. The molecule has 1 aliphatic heterocycles. The third kappa shape index (κ3) is 3.47. The Labute approximate surface area is 107 Å². The molecule has 1 N–H and O–H groups in total. The second-order valence-corrected chi connectivity index (χ2v) is 5.80. The normalized spacial score (nSPS) is 29.9. The van der Waals surface area contributed by atoms with Crippen molar-refractivity contribution in [2.75, 3.05) is 13.1 Å². The summed E-state index contributed by atoms with van der Waals surface area (Å²) >= 11 is 0. The van der Waals surface area contributed by atoms with Crippen molar-refractivity contribution in [1.29, 1.82) is 0 Å². The van der Waals surface area contributed by atoms with Crippen LogP contribution in [0.2, 0.25) is 0 Å². The number of piperazine rings is 1. The standard InChI is InChI=1S/C15H28N2/c1-7-12(5)14-10-17(13(6)9-16-14)15(8-2)11(3)4/h2,11-16H,7,9-10H2,1,3-6H3. The van der Waals surface area contributed by atoms with Crippen LogP contribution in [-0.2, 0) is 0 Å². The Morgan fingerprint density at radius 2 is 2.06 bits per heavy atom. The van der Waals surface area contributed by atoms with Gasteiger partial charge in [0.2, 0.25) is 0 Å². The molecule has 4 atom stereocenters. The van der Waals surface area contributed by atoms with Crippen molar-refractivity contribution < 1.29 is 0 Å². The highest BCUT2D eigenvalue weighted by molar-refractivity contribution is 5.05. The molecular formula is C15H28N2. The van der Waals surface area contributed by atoms with Gasteiger partial charge in [0.25, 0.3) is 0 Å². The SMILES string of the molecule is C#CC(C(C)C)N1CC(C(C)CC)NCC1C. The zero-order valence-corrected chi connectivity index (χ0v) is 12.0. The predicted octanol–water partition coefficient (Wildman–Crippen LogP) is 2.35. The van der Waals surface area contributed by atoms with Crippen LogP contribution < -0.4 is 5.32 Å². The Morgan fingerprint density at radius 3 is 2.53 bits per heavy atom. The van der Waals surface area contributed by atoms with Crippen molar-refractivity contribution in [2.24, 2.45) is 11.8 Å². The summed E-state index contributed by atoms with van der Waals surface area (Å²) in [5.74, 6) is 4.22. The van der Waals surface area contributed by atoms with Gasteiger partial charge in [-0.2, -0.15) is 0 Å². The highest BCUT2D eigenvalue weighted by atomic mass is 15.3. The van der Waals surface area contributed by atoms with E-state index in [0.29, 0.717) is 18.0 Å². The van der Waals surface area contributed by atoms with Gasteiger partial charge in [0.05, 0.1) is 6.04 Å². The van der Waals surface area contributed by atoms with Crippen LogP contribution in [0.25, 0.3) is 0 Å². The number of rotatable bonds is 4. The molecule has 0 radical (unpaired) electrons. The highest BCUT2D eigenvalue weighted by Crippen LogP contribution is 2.20. The molecule has 0 spiro atoms. The Balaban J connectivity index is 2.72. The van der Waals surface area contributed by atoms with E-state index in [4.69, 9.17) is 6.42 Å². The van der Waals surface area contributed by atoms with Gasteiger partial charge < -0.3 is 5.32 Å². The van der Waals surface area contributed by atoms with Gasteiger partial charge in [-0.05, 0) is 18.8 Å². The Morgan fingerprint density at radius 1 is 1.41 bits per heavy atom. The summed E-state index contributed by atoms with van der Waals surface area (Å²) in [5.41, 5.74) is 0. The van der Waals surface area contributed by atoms with Crippen molar-refractivity contribution in [1.82, 2.24) is 10.2 Å². The van der Waals surface area contributed by atoms with Gasteiger partial charge in [-0.1, -0.05) is 40.0 Å². The van der Waals surface area contributed by atoms with Crippen LogP contribution in [0.1, 0.15) is 41.0 Å². The summed E-state index contributed by atoms with van der Waals surface area (Å²) in [6.07, 6.45) is 6.93. The summed E-state index contributed by atoms with van der Waals surface area (Å²) in [4.78, 5) is 2.51. The zero-order valence-electron chi connectivity index (χ0n) is 12.0. The summed E-state index contributed by atoms with van der Waals surface area (Å²) in [6.45, 7) is 13.4. The molecule has 4 unspecified atom stereocenters. The van der Waals surface area contributed by atoms with Crippen molar-refractivity contribution >= 4 is 0 Å². The molecule has 0 bridgehead atoms. The lowest BCUT2D eigenvalue weighted by Gasteiger charge is -2.44. The van der Waals surface area contributed by atoms with Crippen molar-refractivity contribution in [2.45, 2.75) is 59.2 Å². The molecule has 2 heteroatoms. The quantitative estimate of drug-likeness (QED) is 0.754. The summed E-state index contributed by atoms with van der Waals surface area (Å²) in [7, 11) is 0. The number of nitrogens with one attached hydrogen (secondary N) is 1. The van der Waals surface area contributed by atoms with Gasteiger partial charge in [0.1, 0.15) is 0 Å². The van der Waals surface area contributed by atoms with Crippen LogP contribution in [-0.4, -0.2) is 36.1 Å². The molecule has 0 amide bonds. The maximum Gasteiger partial charge on any atom is 0.0738 e. The molecule has 0 saturated carbocycles. The van der Waals surface area contributed by atoms with Gasteiger partial charge in [0.15, 0.2) is 0 Å². The van der Waals surface area contributed by atoms with Crippen LogP contribution in [0.15, 0.2) is 0 Å². The van der Waals surface area contributed by atoms with E-state index < -0.39 is 0 Å². The average Bonchev–Trinajstić information content (AvgIpc) is 2.31. The lowest BCUT2D eigenvalue weighted by molar-refractivity contribution is 0.0790. The molecule has 1 fully saturated rings. The summed E-state index contributed by atoms with van der Waals surface area (Å²) in [6, 6.07) is 1.41. The average molecular weight is 236 g/mol. The third-order valence-corrected chi connectivity index (χ3v) is 4.14. The molecule has 1 aliphatic rings. The number of hydrogen-bond acceptors (Lipinski definition) is 2. The van der Waals surface area contributed by atoms with Crippen molar-refractivity contribution in [3.8, 4) is 12.3 Å². The van der Waals surface area contributed by atoms with E-state index in [-0.39, 0.29) is 6.04 Å². The zero-order chi connectivity index (χ0) is 13.0. The molecule has 0 aromatic carbocycles. The van der Waals surface area contributed by atoms with Crippen LogP contribution in [0, 0.1) is 24.2 Å². The van der Waals surface area contributed by atoms with Gasteiger partial charge in [-0.3, -0.25) is 4.90 Å². The molecule has 2 nitrogen and oxygen atoms in total. The molecule has 1 rings (SSSR count). The fourth-order valence-electron chi connectivity index (χ4n) is 2.64. The Hall–Kier alpha value is -0.520. The second-order valence-electron chi connectivity index (χ2n) is 5.80. The lowest BCUT2D eigenvalue weighted by Crippen LogP contribution is -2.60. The van der Waals surface area contributed by atoms with Crippen LogP contribution >= 0.6 is 0 Å². The Kier molecular flexibility index (Phi) is 5.49. The van der Waals surface area contributed by atoms with Crippen LogP contribution in [0.4, 0.5) is 0 Å². The molecule has 98 valence electrons. The largest absolute Gasteiger partial charge is 0.311 e. The van der Waals surface area contributed by atoms with Crippen molar-refractivity contribution in [3.63, 3.8) is 0 Å². The van der Waals surface area contributed by atoms with E-state index in [1.807, 2.05) is 0 Å². The van der Waals surface area contributed by atoms with Gasteiger partial charge in [0, 0.05) is 25.2 Å². The maximum atomic E-state index is 5.71. The second kappa shape index (κ2) is 6.42.